The summed E-state index contributed by atoms with van der Waals surface area (Å²) in [6, 6.07) is 13.8. The van der Waals surface area contributed by atoms with E-state index in [0.29, 0.717) is 38.6 Å². The maximum absolute atomic E-state index is 12.6. The molecule has 3 amide bonds. The molecule has 0 bridgehead atoms. The minimum absolute atomic E-state index is 0.167. The first-order valence-corrected chi connectivity index (χ1v) is 9.21. The lowest BCUT2D eigenvalue weighted by atomic mass is 10.2. The Kier molecular flexibility index (Phi) is 4.81. The number of anilines is 3. The zero-order chi connectivity index (χ0) is 19.5. The van der Waals surface area contributed by atoms with Gasteiger partial charge in [-0.15, -0.1) is 0 Å². The zero-order valence-corrected chi connectivity index (χ0v) is 15.6. The molecule has 1 aliphatic heterocycles. The van der Waals surface area contributed by atoms with E-state index >= 15 is 0 Å². The van der Waals surface area contributed by atoms with Crippen molar-refractivity contribution in [2.24, 2.45) is 0 Å². The van der Waals surface area contributed by atoms with Gasteiger partial charge in [0, 0.05) is 17.4 Å². The normalized spacial score (nSPS) is 11.8. The Morgan fingerprint density at radius 2 is 1.75 bits per heavy atom. The summed E-state index contributed by atoms with van der Waals surface area (Å²) in [6.45, 7) is 1.88. The first-order valence-electron chi connectivity index (χ1n) is 8.40. The number of urea groups is 1. The summed E-state index contributed by atoms with van der Waals surface area (Å²) in [5.41, 5.74) is 1.77. The average Bonchev–Trinajstić information content (AvgIpc) is 3.28. The van der Waals surface area contributed by atoms with Crippen molar-refractivity contribution in [2.45, 2.75) is 6.92 Å². The van der Waals surface area contributed by atoms with Crippen LogP contribution >= 0.6 is 11.3 Å². The second kappa shape index (κ2) is 7.57. The summed E-state index contributed by atoms with van der Waals surface area (Å²) >= 11 is 1.10. The Balaban J connectivity index is 1.42. The first-order chi connectivity index (χ1) is 13.6. The highest BCUT2D eigenvalue weighted by molar-refractivity contribution is 7.17. The maximum Gasteiger partial charge on any atom is 0.325 e. The molecule has 0 atom stereocenters. The molecular formula is C19H16N4O4S. The van der Waals surface area contributed by atoms with Crippen LogP contribution in [0.2, 0.25) is 0 Å². The van der Waals surface area contributed by atoms with Crippen LogP contribution in [0.5, 0.6) is 11.5 Å². The van der Waals surface area contributed by atoms with E-state index in [2.05, 4.69) is 20.9 Å². The average molecular weight is 396 g/mol. The van der Waals surface area contributed by atoms with Gasteiger partial charge in [-0.2, -0.15) is 0 Å². The third-order valence-electron chi connectivity index (χ3n) is 3.89. The molecule has 0 fully saturated rings. The van der Waals surface area contributed by atoms with Gasteiger partial charge in [0.25, 0.3) is 5.91 Å². The first kappa shape index (κ1) is 17.8. The predicted molar refractivity (Wildman–Crippen MR) is 106 cm³/mol. The monoisotopic (exact) mass is 396 g/mol. The number of rotatable bonds is 4. The fourth-order valence-corrected chi connectivity index (χ4v) is 3.46. The van der Waals surface area contributed by atoms with E-state index in [1.54, 1.807) is 37.3 Å². The van der Waals surface area contributed by atoms with Crippen molar-refractivity contribution < 1.29 is 19.1 Å². The van der Waals surface area contributed by atoms with Crippen LogP contribution in [-0.2, 0) is 0 Å². The molecule has 0 aliphatic carbocycles. The summed E-state index contributed by atoms with van der Waals surface area (Å²) in [4.78, 5) is 29.3. The molecule has 1 aliphatic rings. The van der Waals surface area contributed by atoms with Crippen LogP contribution in [0.1, 0.15) is 15.4 Å². The third kappa shape index (κ3) is 3.89. The van der Waals surface area contributed by atoms with Gasteiger partial charge in [0.1, 0.15) is 4.88 Å². The number of nitrogens with zero attached hydrogens (tertiary/aromatic N) is 1. The van der Waals surface area contributed by atoms with Crippen molar-refractivity contribution in [1.82, 2.24) is 4.98 Å². The van der Waals surface area contributed by atoms with Crippen LogP contribution in [0.25, 0.3) is 0 Å². The number of para-hydroxylation sites is 1. The molecule has 0 saturated carbocycles. The van der Waals surface area contributed by atoms with Crippen molar-refractivity contribution in [1.29, 1.82) is 0 Å². The standard InChI is InChI=1S/C19H16N4O4S/c1-11-16(17(24)21-13-7-8-14-15(9-13)27-10-26-14)28-19(20-11)23-18(25)22-12-5-3-2-4-6-12/h2-9H,10H2,1H3,(H,21,24)(H2,20,22,23,25). The van der Waals surface area contributed by atoms with Crippen LogP contribution in [0.15, 0.2) is 48.5 Å². The highest BCUT2D eigenvalue weighted by atomic mass is 32.1. The molecule has 2 heterocycles. The number of carbonyl (C=O) groups is 2. The van der Waals surface area contributed by atoms with E-state index in [9.17, 15) is 9.59 Å². The molecule has 3 aromatic rings. The predicted octanol–water partition coefficient (Wildman–Crippen LogP) is 4.08. The highest BCUT2D eigenvalue weighted by Gasteiger charge is 2.19. The van der Waals surface area contributed by atoms with Crippen LogP contribution < -0.4 is 25.4 Å². The number of fused-ring (bicyclic) bond motifs is 1. The number of hydrogen-bond acceptors (Lipinski definition) is 6. The van der Waals surface area contributed by atoms with E-state index < -0.39 is 6.03 Å². The Morgan fingerprint density at radius 1 is 0.964 bits per heavy atom. The summed E-state index contributed by atoms with van der Waals surface area (Å²) in [7, 11) is 0. The van der Waals surface area contributed by atoms with Gasteiger partial charge in [-0.1, -0.05) is 29.5 Å². The second-order valence-corrected chi connectivity index (χ2v) is 6.90. The number of amides is 3. The minimum Gasteiger partial charge on any atom is -0.454 e. The Morgan fingerprint density at radius 3 is 2.57 bits per heavy atom. The second-order valence-electron chi connectivity index (χ2n) is 5.90. The molecule has 1 aromatic heterocycles. The number of hydrogen-bond donors (Lipinski definition) is 3. The van der Waals surface area contributed by atoms with E-state index in [0.717, 1.165) is 11.3 Å². The maximum atomic E-state index is 12.6. The summed E-state index contributed by atoms with van der Waals surface area (Å²) in [6.07, 6.45) is 0. The van der Waals surface area contributed by atoms with E-state index in [1.165, 1.54) is 0 Å². The van der Waals surface area contributed by atoms with Crippen molar-refractivity contribution in [3.63, 3.8) is 0 Å². The number of aryl methyl sites for hydroxylation is 1. The van der Waals surface area contributed by atoms with Crippen molar-refractivity contribution in [3.8, 4) is 11.5 Å². The molecule has 28 heavy (non-hydrogen) atoms. The molecule has 0 unspecified atom stereocenters. The summed E-state index contributed by atoms with van der Waals surface area (Å²) in [5, 5.41) is 8.49. The van der Waals surface area contributed by atoms with Gasteiger partial charge in [-0.25, -0.2) is 9.78 Å². The van der Waals surface area contributed by atoms with Crippen molar-refractivity contribution in [2.75, 3.05) is 22.7 Å². The van der Waals surface area contributed by atoms with Gasteiger partial charge < -0.3 is 20.1 Å². The van der Waals surface area contributed by atoms with E-state index in [4.69, 9.17) is 9.47 Å². The molecular weight excluding hydrogens is 380 g/mol. The molecule has 9 heteroatoms. The largest absolute Gasteiger partial charge is 0.454 e. The van der Waals surface area contributed by atoms with Crippen LogP contribution in [-0.4, -0.2) is 23.7 Å². The lowest BCUT2D eigenvalue weighted by molar-refractivity contribution is 0.103. The highest BCUT2D eigenvalue weighted by Crippen LogP contribution is 2.34. The number of benzene rings is 2. The number of aromatic nitrogens is 1. The Bertz CT molecular complexity index is 1040. The SMILES string of the molecule is Cc1nc(NC(=O)Nc2ccccc2)sc1C(=O)Nc1ccc2c(c1)OCO2. The van der Waals surface area contributed by atoms with Crippen LogP contribution in [0, 0.1) is 6.92 Å². The Hall–Kier alpha value is -3.59. The fourth-order valence-electron chi connectivity index (χ4n) is 2.60. The smallest absolute Gasteiger partial charge is 0.325 e. The molecule has 3 N–H and O–H groups in total. The van der Waals surface area contributed by atoms with Gasteiger partial charge in [0.2, 0.25) is 6.79 Å². The third-order valence-corrected chi connectivity index (χ3v) is 4.96. The lowest BCUT2D eigenvalue weighted by Crippen LogP contribution is -2.19. The number of thiazole rings is 1. The van der Waals surface area contributed by atoms with Crippen molar-refractivity contribution >= 4 is 39.8 Å². The fraction of sp³-hybridized carbons (Fsp3) is 0.105. The van der Waals surface area contributed by atoms with Gasteiger partial charge in [0.15, 0.2) is 16.6 Å². The molecule has 8 nitrogen and oxygen atoms in total. The number of carbonyl (C=O) groups excluding carboxylic acids is 2. The van der Waals surface area contributed by atoms with E-state index in [1.807, 2.05) is 18.2 Å². The minimum atomic E-state index is -0.428. The van der Waals surface area contributed by atoms with Crippen LogP contribution in [0.3, 0.4) is 0 Å². The molecule has 0 radical (unpaired) electrons. The quantitative estimate of drug-likeness (QED) is 0.617. The van der Waals surface area contributed by atoms with Crippen molar-refractivity contribution in [3.05, 3.63) is 59.1 Å². The topological polar surface area (TPSA) is 102 Å². The molecule has 142 valence electrons. The molecule has 0 spiro atoms. The molecule has 0 saturated heterocycles. The molecule has 2 aromatic carbocycles. The summed E-state index contributed by atoms with van der Waals surface area (Å²) in [5.74, 6) is 0.909. The number of ether oxygens (including phenoxy) is 2. The van der Waals surface area contributed by atoms with Gasteiger partial charge in [0.05, 0.1) is 5.69 Å². The summed E-state index contributed by atoms with van der Waals surface area (Å²) < 4.78 is 10.6. The van der Waals surface area contributed by atoms with Crippen LogP contribution in [0.4, 0.5) is 21.3 Å². The van der Waals surface area contributed by atoms with Gasteiger partial charge in [-0.05, 0) is 31.2 Å². The lowest BCUT2D eigenvalue weighted by Gasteiger charge is -2.05. The van der Waals surface area contributed by atoms with Gasteiger partial charge in [-0.3, -0.25) is 10.1 Å². The Labute approximate surface area is 164 Å². The number of nitrogens with one attached hydrogen (secondary N) is 3. The van der Waals surface area contributed by atoms with Gasteiger partial charge >= 0.3 is 6.03 Å². The van der Waals surface area contributed by atoms with E-state index in [-0.39, 0.29) is 12.7 Å². The zero-order valence-electron chi connectivity index (χ0n) is 14.8. The molecule has 4 rings (SSSR count).